The highest BCUT2D eigenvalue weighted by Gasteiger charge is 2.05. The third-order valence-electron chi connectivity index (χ3n) is 2.92. The fraction of sp³-hybridized carbons (Fsp3) is 0.0625. The van der Waals surface area contributed by atoms with Crippen LogP contribution in [0.4, 0.5) is 20.4 Å². The van der Waals surface area contributed by atoms with Crippen LogP contribution < -0.4 is 10.1 Å². The van der Waals surface area contributed by atoms with E-state index < -0.39 is 6.61 Å². The number of hydrogen-bond acceptors (Lipinski definition) is 5. The molecule has 2 heterocycles. The summed E-state index contributed by atoms with van der Waals surface area (Å²) in [5.41, 5.74) is 2.29. The third kappa shape index (κ3) is 3.97. The van der Waals surface area contributed by atoms with E-state index >= 15 is 0 Å². The van der Waals surface area contributed by atoms with Gasteiger partial charge in [-0.2, -0.15) is 8.78 Å². The molecule has 0 saturated heterocycles. The molecule has 2 aromatic heterocycles. The monoisotopic (exact) mass is 313 g/mol. The summed E-state index contributed by atoms with van der Waals surface area (Å²) in [5, 5.41) is 2.99. The molecule has 0 saturated carbocycles. The first-order chi connectivity index (χ1) is 11.2. The van der Waals surface area contributed by atoms with Crippen molar-refractivity contribution in [3.63, 3.8) is 0 Å². The van der Waals surface area contributed by atoms with Crippen LogP contribution in [0.1, 0.15) is 0 Å². The van der Waals surface area contributed by atoms with Crippen LogP contribution in [-0.2, 0) is 0 Å². The highest BCUT2D eigenvalue weighted by atomic mass is 19.3. The average molecular weight is 313 g/mol. The van der Waals surface area contributed by atoms with Gasteiger partial charge in [0.05, 0.1) is 11.9 Å². The second-order valence-corrected chi connectivity index (χ2v) is 4.50. The van der Waals surface area contributed by atoms with Gasteiger partial charge in [-0.05, 0) is 23.8 Å². The molecule has 0 aliphatic heterocycles. The zero-order valence-corrected chi connectivity index (χ0v) is 11.8. The lowest BCUT2D eigenvalue weighted by Gasteiger charge is -2.07. The van der Waals surface area contributed by atoms with Crippen molar-refractivity contribution in [3.8, 4) is 16.9 Å². The molecule has 0 atom stereocenters. The van der Waals surface area contributed by atoms with E-state index in [1.807, 2.05) is 0 Å². The van der Waals surface area contributed by atoms with Gasteiger partial charge >= 0.3 is 6.61 Å². The van der Waals surface area contributed by atoms with Crippen molar-refractivity contribution in [3.05, 3.63) is 61.2 Å². The number of anilines is 2. The molecule has 23 heavy (non-hydrogen) atoms. The predicted octanol–water partition coefficient (Wildman–Crippen LogP) is 3.68. The van der Waals surface area contributed by atoms with Gasteiger partial charge in [0, 0.05) is 30.2 Å². The summed E-state index contributed by atoms with van der Waals surface area (Å²) in [6.07, 6.45) is 6.46. The highest BCUT2D eigenvalue weighted by molar-refractivity contribution is 5.63. The summed E-state index contributed by atoms with van der Waals surface area (Å²) in [6, 6.07) is 10.8. The van der Waals surface area contributed by atoms with E-state index in [1.54, 1.807) is 43.0 Å². The molecule has 0 unspecified atom stereocenters. The Hall–Kier alpha value is -3.09. The van der Waals surface area contributed by atoms with Crippen molar-refractivity contribution in [1.82, 2.24) is 15.0 Å². The lowest BCUT2D eigenvalue weighted by atomic mass is 10.1. The molecule has 115 valence electrons. The predicted molar refractivity (Wildman–Crippen MR) is 80.5 cm³/mol. The van der Waals surface area contributed by atoms with E-state index in [0.29, 0.717) is 5.95 Å². The topological polar surface area (TPSA) is 59.9 Å². The Kier molecular flexibility index (Phi) is 4.37. The first-order valence-corrected chi connectivity index (χ1v) is 6.66. The molecule has 1 N–H and O–H groups in total. The number of ether oxygens (including phenoxy) is 1. The Morgan fingerprint density at radius 1 is 1.00 bits per heavy atom. The summed E-state index contributed by atoms with van der Waals surface area (Å²) >= 11 is 0. The SMILES string of the molecule is FC(F)Oc1ccc(-c2cnc(Nc3c[c]cnc3)nc2)cc1. The molecule has 7 heteroatoms. The molecule has 5 nitrogen and oxygen atoms in total. The number of benzene rings is 1. The van der Waals surface area contributed by atoms with Gasteiger partial charge < -0.3 is 10.1 Å². The van der Waals surface area contributed by atoms with Crippen LogP contribution in [0.15, 0.2) is 55.1 Å². The van der Waals surface area contributed by atoms with Crippen molar-refractivity contribution in [2.24, 2.45) is 0 Å². The molecule has 0 fully saturated rings. The molecule has 3 aromatic rings. The lowest BCUT2D eigenvalue weighted by molar-refractivity contribution is -0.0498. The fourth-order valence-corrected chi connectivity index (χ4v) is 1.89. The van der Waals surface area contributed by atoms with Gasteiger partial charge in [-0.15, -0.1) is 0 Å². The Bertz CT molecular complexity index is 749. The molecule has 3 rings (SSSR count). The zero-order chi connectivity index (χ0) is 16.1. The van der Waals surface area contributed by atoms with Crippen molar-refractivity contribution < 1.29 is 13.5 Å². The Balaban J connectivity index is 1.71. The van der Waals surface area contributed by atoms with E-state index in [0.717, 1.165) is 16.8 Å². The maximum atomic E-state index is 12.1. The number of hydrogen-bond donors (Lipinski definition) is 1. The van der Waals surface area contributed by atoms with Gasteiger partial charge in [0.25, 0.3) is 0 Å². The van der Waals surface area contributed by atoms with E-state index in [2.05, 4.69) is 31.1 Å². The number of nitrogens with one attached hydrogen (secondary N) is 1. The van der Waals surface area contributed by atoms with Crippen LogP contribution in [0.25, 0.3) is 11.1 Å². The maximum absolute atomic E-state index is 12.1. The van der Waals surface area contributed by atoms with E-state index in [1.165, 1.54) is 12.1 Å². The van der Waals surface area contributed by atoms with Crippen LogP contribution in [0.2, 0.25) is 0 Å². The van der Waals surface area contributed by atoms with Crippen LogP contribution in [0, 0.1) is 6.07 Å². The third-order valence-corrected chi connectivity index (χ3v) is 2.92. The van der Waals surface area contributed by atoms with E-state index in [9.17, 15) is 8.78 Å². The number of nitrogens with zero attached hydrogens (tertiary/aromatic N) is 3. The van der Waals surface area contributed by atoms with Crippen LogP contribution in [0.5, 0.6) is 5.75 Å². The fourth-order valence-electron chi connectivity index (χ4n) is 1.89. The van der Waals surface area contributed by atoms with Gasteiger partial charge in [-0.25, -0.2) is 9.97 Å². The second-order valence-electron chi connectivity index (χ2n) is 4.50. The molecular formula is C16H11F2N4O. The molecule has 0 amide bonds. The standard InChI is InChI=1S/C16H11F2N4O/c17-15(18)23-14-5-3-11(4-6-14)12-8-20-16(21-9-12)22-13-2-1-7-19-10-13/h2-10,15H,(H,20,21,22). The maximum Gasteiger partial charge on any atom is 0.387 e. The second kappa shape index (κ2) is 6.78. The van der Waals surface area contributed by atoms with Gasteiger partial charge in [-0.3, -0.25) is 4.98 Å². The minimum absolute atomic E-state index is 0.107. The van der Waals surface area contributed by atoms with Crippen LogP contribution in [0.3, 0.4) is 0 Å². The van der Waals surface area contributed by atoms with Crippen molar-refractivity contribution in [2.45, 2.75) is 6.61 Å². The quantitative estimate of drug-likeness (QED) is 0.778. The Labute approximate surface area is 131 Å². The van der Waals surface area contributed by atoms with E-state index in [4.69, 9.17) is 0 Å². The average Bonchev–Trinajstić information content (AvgIpc) is 2.57. The molecular weight excluding hydrogens is 302 g/mol. The highest BCUT2D eigenvalue weighted by Crippen LogP contribution is 2.23. The van der Waals surface area contributed by atoms with Gasteiger partial charge in [-0.1, -0.05) is 12.1 Å². The number of halogens is 2. The van der Waals surface area contributed by atoms with Gasteiger partial charge in [0.2, 0.25) is 5.95 Å². The molecule has 0 spiro atoms. The first-order valence-electron chi connectivity index (χ1n) is 6.66. The minimum atomic E-state index is -2.83. The first kappa shape index (κ1) is 14.8. The smallest absolute Gasteiger partial charge is 0.387 e. The van der Waals surface area contributed by atoms with Crippen LogP contribution >= 0.6 is 0 Å². The summed E-state index contributed by atoms with van der Waals surface area (Å²) < 4.78 is 28.5. The number of pyridine rings is 1. The summed E-state index contributed by atoms with van der Waals surface area (Å²) in [4.78, 5) is 12.3. The van der Waals surface area contributed by atoms with Crippen molar-refractivity contribution in [1.29, 1.82) is 0 Å². The van der Waals surface area contributed by atoms with E-state index in [-0.39, 0.29) is 5.75 Å². The summed E-state index contributed by atoms with van der Waals surface area (Å²) in [7, 11) is 0. The molecule has 0 bridgehead atoms. The van der Waals surface area contributed by atoms with Crippen molar-refractivity contribution in [2.75, 3.05) is 5.32 Å². The lowest BCUT2D eigenvalue weighted by Crippen LogP contribution is -2.01. The van der Waals surface area contributed by atoms with Crippen LogP contribution in [-0.4, -0.2) is 21.6 Å². The minimum Gasteiger partial charge on any atom is -0.435 e. The largest absolute Gasteiger partial charge is 0.435 e. The number of alkyl halides is 2. The molecule has 0 aliphatic rings. The molecule has 0 aliphatic carbocycles. The normalized spacial score (nSPS) is 10.6. The Morgan fingerprint density at radius 3 is 2.35 bits per heavy atom. The summed E-state index contributed by atoms with van der Waals surface area (Å²) in [5.74, 6) is 0.531. The Morgan fingerprint density at radius 2 is 1.74 bits per heavy atom. The number of rotatable bonds is 5. The molecule has 1 radical (unpaired) electrons. The van der Waals surface area contributed by atoms with Gasteiger partial charge in [0.1, 0.15) is 5.75 Å². The molecule has 1 aromatic carbocycles. The van der Waals surface area contributed by atoms with Crippen molar-refractivity contribution >= 4 is 11.6 Å². The summed E-state index contributed by atoms with van der Waals surface area (Å²) in [6.45, 7) is -2.83. The zero-order valence-electron chi connectivity index (χ0n) is 11.8. The van der Waals surface area contributed by atoms with Gasteiger partial charge in [0.15, 0.2) is 0 Å². The number of aromatic nitrogens is 3.